The number of urea groups is 1. The Morgan fingerprint density at radius 1 is 0.955 bits per heavy atom. The highest BCUT2D eigenvalue weighted by Gasteiger charge is 2.05. The molecule has 0 spiro atoms. The molecule has 22 heavy (non-hydrogen) atoms. The summed E-state index contributed by atoms with van der Waals surface area (Å²) in [5.74, 6) is 0.755. The monoisotopic (exact) mass is 338 g/mol. The zero-order chi connectivity index (χ0) is 16.1. The molecule has 0 aliphatic heterocycles. The third kappa shape index (κ3) is 4.83. The summed E-state index contributed by atoms with van der Waals surface area (Å²) in [6.07, 6.45) is 0.108. The number of carbonyl (C=O) groups is 1. The van der Waals surface area contributed by atoms with Gasteiger partial charge in [0.2, 0.25) is 0 Å². The molecule has 6 heteroatoms. The summed E-state index contributed by atoms with van der Waals surface area (Å²) in [5.41, 5.74) is 1.22. The van der Waals surface area contributed by atoms with Gasteiger partial charge in [-0.15, -0.1) is 0 Å². The van der Waals surface area contributed by atoms with Crippen LogP contribution in [0.1, 0.15) is 13.8 Å². The molecule has 0 bridgehead atoms. The van der Waals surface area contributed by atoms with Crippen molar-refractivity contribution in [1.29, 1.82) is 0 Å². The zero-order valence-corrected chi connectivity index (χ0v) is 13.7. The molecular formula is C16H16Cl2N2O2. The van der Waals surface area contributed by atoms with E-state index in [0.717, 1.165) is 5.75 Å². The Morgan fingerprint density at radius 3 is 2.14 bits per heavy atom. The van der Waals surface area contributed by atoms with Gasteiger partial charge < -0.3 is 15.4 Å². The topological polar surface area (TPSA) is 50.4 Å². The second-order valence-corrected chi connectivity index (χ2v) is 5.71. The minimum absolute atomic E-state index is 0.108. The second-order valence-electron chi connectivity index (χ2n) is 4.90. The molecular weight excluding hydrogens is 323 g/mol. The van der Waals surface area contributed by atoms with E-state index in [4.69, 9.17) is 27.9 Å². The van der Waals surface area contributed by atoms with Crippen molar-refractivity contribution < 1.29 is 9.53 Å². The number of nitrogens with one attached hydrogen (secondary N) is 2. The summed E-state index contributed by atoms with van der Waals surface area (Å²) < 4.78 is 5.54. The van der Waals surface area contributed by atoms with Crippen LogP contribution in [0.3, 0.4) is 0 Å². The number of benzene rings is 2. The van der Waals surface area contributed by atoms with E-state index in [1.165, 1.54) is 0 Å². The van der Waals surface area contributed by atoms with Crippen LogP contribution in [0.2, 0.25) is 10.0 Å². The molecule has 116 valence electrons. The predicted molar refractivity (Wildman–Crippen MR) is 91.3 cm³/mol. The van der Waals surface area contributed by atoms with Gasteiger partial charge in [-0.25, -0.2) is 4.79 Å². The van der Waals surface area contributed by atoms with E-state index in [0.29, 0.717) is 21.4 Å². The lowest BCUT2D eigenvalue weighted by molar-refractivity contribution is 0.242. The highest BCUT2D eigenvalue weighted by atomic mass is 35.5. The van der Waals surface area contributed by atoms with Gasteiger partial charge in [0.05, 0.1) is 16.1 Å². The molecule has 2 rings (SSSR count). The first-order valence-corrected chi connectivity index (χ1v) is 7.49. The van der Waals surface area contributed by atoms with Gasteiger partial charge in [-0.05, 0) is 56.3 Å². The van der Waals surface area contributed by atoms with Crippen LogP contribution in [0.4, 0.5) is 16.2 Å². The standard InChI is InChI=1S/C16H16Cl2N2O2/c1-10(2)22-13-6-3-11(4-7-13)19-16(21)20-12-5-8-14(17)15(18)9-12/h3-10H,1-2H3,(H2,19,20,21). The Bertz CT molecular complexity index is 658. The molecule has 0 aliphatic carbocycles. The molecule has 2 aromatic rings. The van der Waals surface area contributed by atoms with Crippen LogP contribution < -0.4 is 15.4 Å². The quantitative estimate of drug-likeness (QED) is 0.781. The molecule has 0 saturated carbocycles. The van der Waals surface area contributed by atoms with Crippen molar-refractivity contribution in [3.8, 4) is 5.75 Å². The molecule has 2 amide bonds. The number of halogens is 2. The predicted octanol–water partition coefficient (Wildman–Crippen LogP) is 5.42. The van der Waals surface area contributed by atoms with Crippen molar-refractivity contribution in [1.82, 2.24) is 0 Å². The SMILES string of the molecule is CC(C)Oc1ccc(NC(=O)Nc2ccc(Cl)c(Cl)c2)cc1. The Kier molecular flexibility index (Phi) is 5.52. The van der Waals surface area contributed by atoms with E-state index in [-0.39, 0.29) is 12.1 Å². The van der Waals surface area contributed by atoms with Crippen LogP contribution in [0.25, 0.3) is 0 Å². The maximum atomic E-state index is 11.9. The van der Waals surface area contributed by atoms with Crippen LogP contribution in [0, 0.1) is 0 Å². The van der Waals surface area contributed by atoms with Gasteiger partial charge in [-0.1, -0.05) is 23.2 Å². The zero-order valence-electron chi connectivity index (χ0n) is 12.2. The summed E-state index contributed by atoms with van der Waals surface area (Å²) in [6, 6.07) is 11.7. The first-order chi connectivity index (χ1) is 10.4. The molecule has 0 radical (unpaired) electrons. The van der Waals surface area contributed by atoms with E-state index in [2.05, 4.69) is 10.6 Å². The fourth-order valence-electron chi connectivity index (χ4n) is 1.76. The lowest BCUT2D eigenvalue weighted by atomic mass is 10.3. The molecule has 4 nitrogen and oxygen atoms in total. The third-order valence-electron chi connectivity index (χ3n) is 2.66. The summed E-state index contributed by atoms with van der Waals surface area (Å²) in [5, 5.41) is 6.23. The van der Waals surface area contributed by atoms with Crippen LogP contribution in [-0.2, 0) is 0 Å². The lowest BCUT2D eigenvalue weighted by Gasteiger charge is -2.11. The molecule has 0 saturated heterocycles. The molecule has 0 atom stereocenters. The number of hydrogen-bond donors (Lipinski definition) is 2. The maximum Gasteiger partial charge on any atom is 0.323 e. The normalized spacial score (nSPS) is 10.4. The second kappa shape index (κ2) is 7.38. The van der Waals surface area contributed by atoms with Crippen LogP contribution in [-0.4, -0.2) is 12.1 Å². The molecule has 0 unspecified atom stereocenters. The number of carbonyl (C=O) groups excluding carboxylic acids is 1. The van der Waals surface area contributed by atoms with E-state index < -0.39 is 0 Å². The van der Waals surface area contributed by atoms with Crippen LogP contribution >= 0.6 is 23.2 Å². The van der Waals surface area contributed by atoms with Crippen molar-refractivity contribution in [2.45, 2.75) is 20.0 Å². The van der Waals surface area contributed by atoms with Gasteiger partial charge in [0.1, 0.15) is 5.75 Å². The largest absolute Gasteiger partial charge is 0.491 e. The number of amides is 2. The van der Waals surface area contributed by atoms with E-state index >= 15 is 0 Å². The fourth-order valence-corrected chi connectivity index (χ4v) is 2.05. The first kappa shape index (κ1) is 16.5. The minimum Gasteiger partial charge on any atom is -0.491 e. The molecule has 0 heterocycles. The average Bonchev–Trinajstić information content (AvgIpc) is 2.44. The van der Waals surface area contributed by atoms with Crippen molar-refractivity contribution in [3.63, 3.8) is 0 Å². The first-order valence-electron chi connectivity index (χ1n) is 6.74. The number of anilines is 2. The number of ether oxygens (including phenoxy) is 1. The van der Waals surface area contributed by atoms with Crippen molar-refractivity contribution in [3.05, 3.63) is 52.5 Å². The van der Waals surface area contributed by atoms with Crippen molar-refractivity contribution in [2.24, 2.45) is 0 Å². The summed E-state index contributed by atoms with van der Waals surface area (Å²) in [7, 11) is 0. The summed E-state index contributed by atoms with van der Waals surface area (Å²) in [4.78, 5) is 11.9. The highest BCUT2D eigenvalue weighted by molar-refractivity contribution is 6.42. The third-order valence-corrected chi connectivity index (χ3v) is 3.40. The van der Waals surface area contributed by atoms with Gasteiger partial charge in [0.25, 0.3) is 0 Å². The molecule has 0 aromatic heterocycles. The van der Waals surface area contributed by atoms with Crippen molar-refractivity contribution >= 4 is 40.6 Å². The lowest BCUT2D eigenvalue weighted by Crippen LogP contribution is -2.19. The minimum atomic E-state index is -0.365. The average molecular weight is 339 g/mol. The Balaban J connectivity index is 1.95. The number of rotatable bonds is 4. The smallest absolute Gasteiger partial charge is 0.323 e. The molecule has 2 N–H and O–H groups in total. The van der Waals surface area contributed by atoms with E-state index in [9.17, 15) is 4.79 Å². The summed E-state index contributed by atoms with van der Waals surface area (Å²) in [6.45, 7) is 3.91. The van der Waals surface area contributed by atoms with Gasteiger partial charge in [-0.2, -0.15) is 0 Å². The van der Waals surface area contributed by atoms with Gasteiger partial charge >= 0.3 is 6.03 Å². The van der Waals surface area contributed by atoms with Crippen LogP contribution in [0.15, 0.2) is 42.5 Å². The fraction of sp³-hybridized carbons (Fsp3) is 0.188. The number of hydrogen-bond acceptors (Lipinski definition) is 2. The van der Waals surface area contributed by atoms with Gasteiger partial charge in [-0.3, -0.25) is 0 Å². The van der Waals surface area contributed by atoms with Gasteiger partial charge in [0.15, 0.2) is 0 Å². The van der Waals surface area contributed by atoms with Crippen LogP contribution in [0.5, 0.6) is 5.75 Å². The maximum absolute atomic E-state index is 11.9. The molecule has 2 aromatic carbocycles. The molecule has 0 fully saturated rings. The van der Waals surface area contributed by atoms with Crippen molar-refractivity contribution in [2.75, 3.05) is 10.6 Å². The Labute approximate surface area is 139 Å². The van der Waals surface area contributed by atoms with Gasteiger partial charge in [0, 0.05) is 11.4 Å². The van der Waals surface area contributed by atoms with E-state index in [1.54, 1.807) is 42.5 Å². The highest BCUT2D eigenvalue weighted by Crippen LogP contribution is 2.25. The Hall–Kier alpha value is -1.91. The van der Waals surface area contributed by atoms with E-state index in [1.807, 2.05) is 13.8 Å². The summed E-state index contributed by atoms with van der Waals surface area (Å²) >= 11 is 11.7. The Morgan fingerprint density at radius 2 is 1.55 bits per heavy atom. The molecule has 0 aliphatic rings.